The summed E-state index contributed by atoms with van der Waals surface area (Å²) in [5.74, 6) is 0. The molecule has 0 aliphatic carbocycles. The zero-order chi connectivity index (χ0) is 14.0. The average molecular weight is 311 g/mol. The van der Waals surface area contributed by atoms with E-state index in [-0.39, 0.29) is 20.5 Å². The number of nitrogens with zero attached hydrogens (tertiary/aromatic N) is 1. The van der Waals surface area contributed by atoms with E-state index in [1.54, 1.807) is 0 Å². The van der Waals surface area contributed by atoms with Gasteiger partial charge in [0.25, 0.3) is 0 Å². The molecule has 0 radical (unpaired) electrons. The summed E-state index contributed by atoms with van der Waals surface area (Å²) >= 11 is 11.4. The Morgan fingerprint density at radius 1 is 1.39 bits per heavy atom. The zero-order valence-electron chi connectivity index (χ0n) is 10.5. The molecule has 0 atom stereocenters. The Labute approximate surface area is 118 Å². The summed E-state index contributed by atoms with van der Waals surface area (Å²) in [6.07, 6.45) is 2.06. The quantitative estimate of drug-likeness (QED) is 0.850. The van der Waals surface area contributed by atoms with Crippen molar-refractivity contribution in [3.05, 3.63) is 22.4 Å². The normalized spacial score (nSPS) is 12.7. The number of hydrogen-bond acceptors (Lipinski definition) is 3. The molecule has 0 unspecified atom stereocenters. The van der Waals surface area contributed by atoms with Gasteiger partial charge in [0.1, 0.15) is 10.0 Å². The second kappa shape index (κ2) is 5.74. The van der Waals surface area contributed by atoms with Gasteiger partial charge in [-0.2, -0.15) is 0 Å². The molecule has 1 aromatic heterocycles. The van der Waals surface area contributed by atoms with E-state index in [1.807, 2.05) is 20.8 Å². The summed E-state index contributed by atoms with van der Waals surface area (Å²) in [4.78, 5) is 3.74. The Kier molecular flexibility index (Phi) is 5.00. The Hall–Kier alpha value is -0.360. The minimum Gasteiger partial charge on any atom is -0.242 e. The number of halogens is 2. The third kappa shape index (κ3) is 4.09. The van der Waals surface area contributed by atoms with Gasteiger partial charge in [0.15, 0.2) is 0 Å². The molecule has 18 heavy (non-hydrogen) atoms. The number of nitrogens with one attached hydrogen (secondary N) is 1. The minimum atomic E-state index is -3.60. The molecule has 7 heteroatoms. The van der Waals surface area contributed by atoms with Crippen LogP contribution in [-0.2, 0) is 10.0 Å². The predicted octanol–water partition coefficient (Wildman–Crippen LogP) is 3.10. The van der Waals surface area contributed by atoms with E-state index in [9.17, 15) is 8.42 Å². The Morgan fingerprint density at radius 2 is 2.00 bits per heavy atom. The summed E-state index contributed by atoms with van der Waals surface area (Å²) in [6.45, 7) is 6.34. The summed E-state index contributed by atoms with van der Waals surface area (Å²) < 4.78 is 26.6. The molecule has 0 amide bonds. The molecular weight excluding hydrogens is 295 g/mol. The second-order valence-corrected chi connectivity index (χ2v) is 7.32. The molecule has 1 aromatic rings. The van der Waals surface area contributed by atoms with E-state index in [0.717, 1.165) is 6.42 Å². The minimum absolute atomic E-state index is 0.0174. The van der Waals surface area contributed by atoms with Crippen LogP contribution >= 0.6 is 23.2 Å². The fraction of sp³-hybridized carbons (Fsp3) is 0.545. The molecule has 1 N–H and O–H groups in total. The molecule has 1 rings (SSSR count). The highest BCUT2D eigenvalue weighted by atomic mass is 35.5. The van der Waals surface area contributed by atoms with Crippen LogP contribution in [0.15, 0.2) is 17.2 Å². The smallest absolute Gasteiger partial charge is 0.242 e. The van der Waals surface area contributed by atoms with Crippen molar-refractivity contribution in [2.45, 2.75) is 32.1 Å². The van der Waals surface area contributed by atoms with E-state index >= 15 is 0 Å². The van der Waals surface area contributed by atoms with Gasteiger partial charge in [-0.05, 0) is 17.9 Å². The number of rotatable bonds is 5. The van der Waals surface area contributed by atoms with Gasteiger partial charge in [0, 0.05) is 12.7 Å². The topological polar surface area (TPSA) is 59.1 Å². The van der Waals surface area contributed by atoms with Crippen LogP contribution in [0.2, 0.25) is 10.2 Å². The lowest BCUT2D eigenvalue weighted by atomic mass is 9.91. The maximum absolute atomic E-state index is 12.0. The molecule has 0 aliphatic heterocycles. The first-order chi connectivity index (χ1) is 8.18. The van der Waals surface area contributed by atoms with E-state index < -0.39 is 10.0 Å². The van der Waals surface area contributed by atoms with Crippen molar-refractivity contribution in [1.82, 2.24) is 9.71 Å². The lowest BCUT2D eigenvalue weighted by Crippen LogP contribution is -2.33. The predicted molar refractivity (Wildman–Crippen MR) is 73.5 cm³/mol. The standard InChI is InChI=1S/C11H16Cl2N2O2S/c1-4-11(2,3)7-15-18(16,17)8-5-9(12)10(13)14-6-8/h5-6,15H,4,7H2,1-3H3. The highest BCUT2D eigenvalue weighted by molar-refractivity contribution is 7.89. The molecule has 0 fully saturated rings. The third-order valence-electron chi connectivity index (χ3n) is 2.78. The molecule has 0 aromatic carbocycles. The highest BCUT2D eigenvalue weighted by Gasteiger charge is 2.21. The van der Waals surface area contributed by atoms with Crippen molar-refractivity contribution in [1.29, 1.82) is 0 Å². The Balaban J connectivity index is 2.90. The van der Waals surface area contributed by atoms with Gasteiger partial charge in [0.2, 0.25) is 10.0 Å². The fourth-order valence-electron chi connectivity index (χ4n) is 1.05. The molecule has 0 saturated carbocycles. The van der Waals surface area contributed by atoms with Crippen molar-refractivity contribution >= 4 is 33.2 Å². The molecular formula is C11H16Cl2N2O2S. The van der Waals surface area contributed by atoms with Crippen molar-refractivity contribution in [3.8, 4) is 0 Å². The van der Waals surface area contributed by atoms with Crippen LogP contribution in [-0.4, -0.2) is 19.9 Å². The summed E-state index contributed by atoms with van der Waals surface area (Å²) in [5, 5.41) is 0.207. The van der Waals surface area contributed by atoms with Crippen LogP contribution in [0, 0.1) is 5.41 Å². The number of hydrogen-bond donors (Lipinski definition) is 1. The highest BCUT2D eigenvalue weighted by Crippen LogP contribution is 2.23. The van der Waals surface area contributed by atoms with E-state index in [1.165, 1.54) is 12.3 Å². The number of sulfonamides is 1. The lowest BCUT2D eigenvalue weighted by molar-refractivity contribution is 0.350. The first-order valence-electron chi connectivity index (χ1n) is 5.49. The van der Waals surface area contributed by atoms with Gasteiger partial charge in [-0.3, -0.25) is 0 Å². The first-order valence-corrected chi connectivity index (χ1v) is 7.72. The zero-order valence-corrected chi connectivity index (χ0v) is 12.8. The Bertz CT molecular complexity index is 530. The van der Waals surface area contributed by atoms with Gasteiger partial charge in [-0.15, -0.1) is 0 Å². The average Bonchev–Trinajstić information content (AvgIpc) is 2.30. The van der Waals surface area contributed by atoms with Crippen LogP contribution in [0.5, 0.6) is 0 Å². The van der Waals surface area contributed by atoms with Crippen LogP contribution in [0.4, 0.5) is 0 Å². The van der Waals surface area contributed by atoms with E-state index in [4.69, 9.17) is 23.2 Å². The summed E-state index contributed by atoms with van der Waals surface area (Å²) in [6, 6.07) is 1.29. The van der Waals surface area contributed by atoms with Crippen LogP contribution in [0.25, 0.3) is 0 Å². The van der Waals surface area contributed by atoms with E-state index in [0.29, 0.717) is 6.54 Å². The monoisotopic (exact) mass is 310 g/mol. The van der Waals surface area contributed by atoms with Crippen LogP contribution < -0.4 is 4.72 Å². The maximum Gasteiger partial charge on any atom is 0.242 e. The van der Waals surface area contributed by atoms with Gasteiger partial charge in [-0.25, -0.2) is 18.1 Å². The van der Waals surface area contributed by atoms with Crippen molar-refractivity contribution in [2.24, 2.45) is 5.41 Å². The molecule has 0 aliphatic rings. The summed E-state index contributed by atoms with van der Waals surface area (Å²) in [5.41, 5.74) is -0.100. The summed E-state index contributed by atoms with van der Waals surface area (Å²) in [7, 11) is -3.60. The maximum atomic E-state index is 12.0. The largest absolute Gasteiger partial charge is 0.242 e. The molecule has 0 saturated heterocycles. The van der Waals surface area contributed by atoms with Gasteiger partial charge < -0.3 is 0 Å². The van der Waals surface area contributed by atoms with Crippen molar-refractivity contribution in [2.75, 3.05) is 6.54 Å². The lowest BCUT2D eigenvalue weighted by Gasteiger charge is -2.22. The number of pyridine rings is 1. The Morgan fingerprint density at radius 3 is 2.50 bits per heavy atom. The number of aromatic nitrogens is 1. The van der Waals surface area contributed by atoms with Gasteiger partial charge in [0.05, 0.1) is 5.02 Å². The van der Waals surface area contributed by atoms with Gasteiger partial charge in [-0.1, -0.05) is 44.0 Å². The van der Waals surface area contributed by atoms with Crippen molar-refractivity contribution in [3.63, 3.8) is 0 Å². The fourth-order valence-corrected chi connectivity index (χ4v) is 2.60. The molecule has 4 nitrogen and oxygen atoms in total. The second-order valence-electron chi connectivity index (χ2n) is 4.79. The molecule has 0 spiro atoms. The molecule has 102 valence electrons. The first kappa shape index (κ1) is 15.7. The SMILES string of the molecule is CCC(C)(C)CNS(=O)(=O)c1cnc(Cl)c(Cl)c1. The molecule has 1 heterocycles. The van der Waals surface area contributed by atoms with Crippen molar-refractivity contribution < 1.29 is 8.42 Å². The van der Waals surface area contributed by atoms with E-state index in [2.05, 4.69) is 9.71 Å². The third-order valence-corrected chi connectivity index (χ3v) is 4.83. The van der Waals surface area contributed by atoms with Gasteiger partial charge >= 0.3 is 0 Å². The van der Waals surface area contributed by atoms with Crippen LogP contribution in [0.1, 0.15) is 27.2 Å². The molecule has 0 bridgehead atoms. The van der Waals surface area contributed by atoms with Crippen LogP contribution in [0.3, 0.4) is 0 Å².